The molecule has 1 rings (SSSR count). The fourth-order valence-electron chi connectivity index (χ4n) is 1.25. The number of amides is 1. The van der Waals surface area contributed by atoms with E-state index in [1.807, 2.05) is 0 Å². The van der Waals surface area contributed by atoms with E-state index in [0.717, 1.165) is 12.1 Å². The molecule has 0 saturated carbocycles. The van der Waals surface area contributed by atoms with Crippen LogP contribution in [0, 0.1) is 34.7 Å². The first kappa shape index (κ1) is 13.6. The van der Waals surface area contributed by atoms with Gasteiger partial charge in [-0.2, -0.15) is 4.39 Å². The lowest BCUT2D eigenvalue weighted by Crippen LogP contribution is -2.19. The quantitative estimate of drug-likeness (QED) is 0.491. The van der Waals surface area contributed by atoms with E-state index >= 15 is 0 Å². The highest BCUT2D eigenvalue weighted by Gasteiger charge is 2.15. The van der Waals surface area contributed by atoms with Gasteiger partial charge in [-0.3, -0.25) is 14.9 Å². The number of rotatable bonds is 2. The molecule has 94 valence electrons. The third-order valence-electron chi connectivity index (χ3n) is 2.14. The molecule has 0 aromatic heterocycles. The second kappa shape index (κ2) is 5.77. The number of halogens is 1. The van der Waals surface area contributed by atoms with E-state index in [1.54, 1.807) is 6.92 Å². The Labute approximate surface area is 103 Å². The van der Waals surface area contributed by atoms with E-state index in [4.69, 9.17) is 0 Å². The minimum absolute atomic E-state index is 0.146. The summed E-state index contributed by atoms with van der Waals surface area (Å²) in [7, 11) is 0. The van der Waals surface area contributed by atoms with E-state index in [2.05, 4.69) is 17.2 Å². The van der Waals surface area contributed by atoms with Crippen LogP contribution in [0.3, 0.4) is 0 Å². The highest BCUT2D eigenvalue weighted by Crippen LogP contribution is 2.21. The maximum absolute atomic E-state index is 13.3. The van der Waals surface area contributed by atoms with Crippen LogP contribution in [0.1, 0.15) is 18.1 Å². The Hall–Kier alpha value is -2.42. The molecule has 0 saturated heterocycles. The molecule has 5 nitrogen and oxygen atoms in total. The number of nitrogens with one attached hydrogen (secondary N) is 1. The summed E-state index contributed by atoms with van der Waals surface area (Å²) in [6.45, 7) is 3.11. The molecule has 1 amide bonds. The number of carbonyl (C=O) groups excluding carboxylic acids is 1. The first-order valence-electron chi connectivity index (χ1n) is 5.09. The van der Waals surface area contributed by atoms with Crippen LogP contribution < -0.4 is 5.32 Å². The van der Waals surface area contributed by atoms with Crippen LogP contribution >= 0.6 is 0 Å². The van der Waals surface area contributed by atoms with Crippen LogP contribution in [0.5, 0.6) is 0 Å². The molecule has 1 aromatic rings. The van der Waals surface area contributed by atoms with Crippen molar-refractivity contribution in [3.05, 3.63) is 39.2 Å². The molecule has 1 aromatic carbocycles. The van der Waals surface area contributed by atoms with Gasteiger partial charge in [0, 0.05) is 18.6 Å². The van der Waals surface area contributed by atoms with Crippen LogP contribution in [0.4, 0.5) is 10.1 Å². The zero-order valence-electron chi connectivity index (χ0n) is 9.91. The van der Waals surface area contributed by atoms with E-state index < -0.39 is 16.4 Å². The standard InChI is InChI=1S/C12H11FN2O3/c1-8-6-12(15(17)18)11(13)7-10(8)4-3-5-14-9(2)16/h6-7H,5H2,1-2H3,(H,14,16). The Kier molecular flexibility index (Phi) is 4.38. The Morgan fingerprint density at radius 1 is 1.56 bits per heavy atom. The lowest BCUT2D eigenvalue weighted by atomic mass is 10.1. The van der Waals surface area contributed by atoms with Gasteiger partial charge in [0.2, 0.25) is 11.7 Å². The van der Waals surface area contributed by atoms with Gasteiger partial charge in [-0.15, -0.1) is 0 Å². The van der Waals surface area contributed by atoms with E-state index in [9.17, 15) is 19.3 Å². The molecule has 0 radical (unpaired) electrons. The molecule has 1 N–H and O–H groups in total. The van der Waals surface area contributed by atoms with E-state index in [0.29, 0.717) is 11.1 Å². The first-order chi connectivity index (χ1) is 8.41. The zero-order valence-corrected chi connectivity index (χ0v) is 9.91. The summed E-state index contributed by atoms with van der Waals surface area (Å²) in [6.07, 6.45) is 0. The average Bonchev–Trinajstić information content (AvgIpc) is 2.27. The molecule has 0 aliphatic rings. The Balaban J connectivity index is 2.94. The molecule has 0 heterocycles. The van der Waals surface area contributed by atoms with Crippen LogP contribution in [0.25, 0.3) is 0 Å². The molecule has 0 bridgehead atoms. The maximum Gasteiger partial charge on any atom is 0.305 e. The van der Waals surface area contributed by atoms with Gasteiger partial charge in [-0.1, -0.05) is 11.8 Å². The molecular weight excluding hydrogens is 239 g/mol. The number of hydrogen-bond donors (Lipinski definition) is 1. The molecule has 0 atom stereocenters. The van der Waals surface area contributed by atoms with Crippen molar-refractivity contribution in [3.63, 3.8) is 0 Å². The molecule has 0 aliphatic heterocycles. The predicted molar refractivity (Wildman–Crippen MR) is 63.4 cm³/mol. The van der Waals surface area contributed by atoms with Crippen molar-refractivity contribution >= 4 is 11.6 Å². The topological polar surface area (TPSA) is 72.2 Å². The van der Waals surface area contributed by atoms with Crippen LogP contribution in [-0.4, -0.2) is 17.4 Å². The molecule has 0 aliphatic carbocycles. The summed E-state index contributed by atoms with van der Waals surface area (Å²) in [4.78, 5) is 20.3. The molecule has 18 heavy (non-hydrogen) atoms. The van der Waals surface area contributed by atoms with Crippen LogP contribution in [0.2, 0.25) is 0 Å². The predicted octanol–water partition coefficient (Wildman–Crippen LogP) is 1.53. The van der Waals surface area contributed by atoms with Crippen molar-refractivity contribution in [1.29, 1.82) is 0 Å². The highest BCUT2D eigenvalue weighted by atomic mass is 19.1. The first-order valence-corrected chi connectivity index (χ1v) is 5.09. The largest absolute Gasteiger partial charge is 0.345 e. The number of aryl methyl sites for hydroxylation is 1. The highest BCUT2D eigenvalue weighted by molar-refractivity contribution is 5.73. The molecule has 0 unspecified atom stereocenters. The summed E-state index contributed by atoms with van der Waals surface area (Å²) < 4.78 is 13.3. The number of hydrogen-bond acceptors (Lipinski definition) is 3. The molecule has 6 heteroatoms. The normalized spacial score (nSPS) is 9.28. The Bertz CT molecular complexity index is 558. The fourth-order valence-corrected chi connectivity index (χ4v) is 1.25. The SMILES string of the molecule is CC(=O)NCC#Cc1cc(F)c([N+](=O)[O-])cc1C. The van der Waals surface area contributed by atoms with Crippen molar-refractivity contribution in [2.75, 3.05) is 6.54 Å². The molecule has 0 fully saturated rings. The third-order valence-corrected chi connectivity index (χ3v) is 2.14. The van der Waals surface area contributed by atoms with Gasteiger partial charge in [0.05, 0.1) is 11.5 Å². The monoisotopic (exact) mass is 250 g/mol. The van der Waals surface area contributed by atoms with Crippen molar-refractivity contribution in [2.24, 2.45) is 0 Å². The smallest absolute Gasteiger partial charge is 0.305 e. The van der Waals surface area contributed by atoms with Crippen LogP contribution in [-0.2, 0) is 4.79 Å². The number of nitro groups is 1. The van der Waals surface area contributed by atoms with Gasteiger partial charge in [0.1, 0.15) is 0 Å². The maximum atomic E-state index is 13.3. The number of carbonyl (C=O) groups is 1. The van der Waals surface area contributed by atoms with E-state index in [-0.39, 0.29) is 12.5 Å². The zero-order chi connectivity index (χ0) is 13.7. The average molecular weight is 250 g/mol. The van der Waals surface area contributed by atoms with Gasteiger partial charge >= 0.3 is 5.69 Å². The number of nitrogens with zero attached hydrogens (tertiary/aromatic N) is 1. The minimum atomic E-state index is -0.922. The van der Waals surface area contributed by atoms with Crippen LogP contribution in [0.15, 0.2) is 12.1 Å². The lowest BCUT2D eigenvalue weighted by Gasteiger charge is -1.99. The summed E-state index contributed by atoms with van der Waals surface area (Å²) in [5.41, 5.74) is 0.307. The van der Waals surface area contributed by atoms with Crippen molar-refractivity contribution in [3.8, 4) is 11.8 Å². The van der Waals surface area contributed by atoms with Gasteiger partial charge < -0.3 is 5.32 Å². The Morgan fingerprint density at radius 3 is 2.78 bits per heavy atom. The Morgan fingerprint density at radius 2 is 2.22 bits per heavy atom. The van der Waals surface area contributed by atoms with Gasteiger partial charge in [-0.05, 0) is 18.6 Å². The van der Waals surface area contributed by atoms with Crippen molar-refractivity contribution in [1.82, 2.24) is 5.32 Å². The summed E-state index contributed by atoms with van der Waals surface area (Å²) in [6, 6.07) is 2.16. The second-order valence-electron chi connectivity index (χ2n) is 3.59. The number of benzene rings is 1. The van der Waals surface area contributed by atoms with E-state index in [1.165, 1.54) is 6.92 Å². The lowest BCUT2D eigenvalue weighted by molar-refractivity contribution is -0.387. The summed E-state index contributed by atoms with van der Waals surface area (Å²) in [5, 5.41) is 13.0. The minimum Gasteiger partial charge on any atom is -0.345 e. The van der Waals surface area contributed by atoms with Gasteiger partial charge in [0.25, 0.3) is 0 Å². The summed E-state index contributed by atoms with van der Waals surface area (Å²) >= 11 is 0. The van der Waals surface area contributed by atoms with Crippen molar-refractivity contribution in [2.45, 2.75) is 13.8 Å². The molecule has 0 spiro atoms. The second-order valence-corrected chi connectivity index (χ2v) is 3.59. The fraction of sp³-hybridized carbons (Fsp3) is 0.250. The van der Waals surface area contributed by atoms with Crippen molar-refractivity contribution < 1.29 is 14.1 Å². The van der Waals surface area contributed by atoms with Gasteiger partial charge in [-0.25, -0.2) is 0 Å². The molecular formula is C12H11FN2O3. The third kappa shape index (κ3) is 3.56. The summed E-state index contributed by atoms with van der Waals surface area (Å²) in [5.74, 6) is 4.15. The van der Waals surface area contributed by atoms with Gasteiger partial charge in [0.15, 0.2) is 0 Å². The number of nitro benzene ring substituents is 1.